The Kier molecular flexibility index (Phi) is 8.53. The average molecular weight is 790 g/mol. The van der Waals surface area contributed by atoms with Gasteiger partial charge in [0.25, 0.3) is 0 Å². The normalized spacial score (nSPS) is 11.5. The minimum Gasteiger partial charge on any atom is -0.456 e. The molecule has 62 heavy (non-hydrogen) atoms. The molecule has 2 heteroatoms. The molecule has 0 spiro atoms. The second-order valence-electron chi connectivity index (χ2n) is 16.1. The van der Waals surface area contributed by atoms with Crippen molar-refractivity contribution in [3.05, 3.63) is 237 Å². The molecule has 12 rings (SSSR count). The fraction of sp³-hybridized carbons (Fsp3) is 0. The molecule has 0 aliphatic carbocycles. The van der Waals surface area contributed by atoms with Crippen LogP contribution in [-0.2, 0) is 0 Å². The summed E-state index contributed by atoms with van der Waals surface area (Å²) in [5, 5.41) is 9.85. The number of furan rings is 1. The van der Waals surface area contributed by atoms with Gasteiger partial charge in [-0.25, -0.2) is 0 Å². The fourth-order valence-electron chi connectivity index (χ4n) is 9.38. The van der Waals surface area contributed by atoms with E-state index in [1.807, 2.05) is 12.1 Å². The lowest BCUT2D eigenvalue weighted by molar-refractivity contribution is 0.669. The Balaban J connectivity index is 0.926. The van der Waals surface area contributed by atoms with Crippen molar-refractivity contribution in [3.63, 3.8) is 0 Å². The SMILES string of the molecule is c1cc(-c2ccc(-c3ccc4ccc5ccccc5c4c3)cc2)cc(N(c2ccc(-c3cccc4ccccc34)cc2)c2ccc(-c3cccc4oc5ccccc5c34)cc2)c1. The van der Waals surface area contributed by atoms with Gasteiger partial charge in [0, 0.05) is 27.8 Å². The van der Waals surface area contributed by atoms with Gasteiger partial charge >= 0.3 is 0 Å². The van der Waals surface area contributed by atoms with E-state index in [0.29, 0.717) is 0 Å². The van der Waals surface area contributed by atoms with Gasteiger partial charge in [0.1, 0.15) is 11.2 Å². The highest BCUT2D eigenvalue weighted by atomic mass is 16.3. The summed E-state index contributed by atoms with van der Waals surface area (Å²) in [5.41, 5.74) is 14.5. The first kappa shape index (κ1) is 35.7. The number of fused-ring (bicyclic) bond motifs is 7. The van der Waals surface area contributed by atoms with Gasteiger partial charge in [-0.1, -0.05) is 182 Å². The van der Waals surface area contributed by atoms with Gasteiger partial charge in [-0.05, 0) is 131 Å². The Morgan fingerprint density at radius 2 is 0.742 bits per heavy atom. The lowest BCUT2D eigenvalue weighted by atomic mass is 9.96. The third-order valence-corrected chi connectivity index (χ3v) is 12.5. The van der Waals surface area contributed by atoms with E-state index in [4.69, 9.17) is 4.42 Å². The van der Waals surface area contributed by atoms with Crippen LogP contribution in [0.4, 0.5) is 17.1 Å². The molecule has 0 N–H and O–H groups in total. The van der Waals surface area contributed by atoms with E-state index >= 15 is 0 Å². The minimum absolute atomic E-state index is 0.899. The van der Waals surface area contributed by atoms with E-state index in [-0.39, 0.29) is 0 Å². The van der Waals surface area contributed by atoms with Gasteiger partial charge in [-0.2, -0.15) is 0 Å². The molecule has 1 heterocycles. The van der Waals surface area contributed by atoms with Crippen LogP contribution in [0.5, 0.6) is 0 Å². The zero-order valence-electron chi connectivity index (χ0n) is 33.9. The van der Waals surface area contributed by atoms with Crippen LogP contribution in [0.15, 0.2) is 241 Å². The van der Waals surface area contributed by atoms with Gasteiger partial charge in [0.15, 0.2) is 0 Å². The third-order valence-electron chi connectivity index (χ3n) is 12.5. The molecule has 0 atom stereocenters. The van der Waals surface area contributed by atoms with E-state index in [9.17, 15) is 0 Å². The average Bonchev–Trinajstić information content (AvgIpc) is 3.74. The van der Waals surface area contributed by atoms with Crippen molar-refractivity contribution in [1.29, 1.82) is 0 Å². The van der Waals surface area contributed by atoms with Crippen LogP contribution in [0.25, 0.3) is 98.8 Å². The molecule has 0 aliphatic heterocycles. The molecule has 0 fully saturated rings. The minimum atomic E-state index is 0.899. The predicted molar refractivity (Wildman–Crippen MR) is 263 cm³/mol. The number of hydrogen-bond acceptors (Lipinski definition) is 2. The van der Waals surface area contributed by atoms with Crippen LogP contribution in [0.1, 0.15) is 0 Å². The van der Waals surface area contributed by atoms with Crippen LogP contribution in [0.2, 0.25) is 0 Å². The first-order valence-corrected chi connectivity index (χ1v) is 21.2. The predicted octanol–water partition coefficient (Wildman–Crippen LogP) is 17.2. The van der Waals surface area contributed by atoms with Crippen LogP contribution in [0.3, 0.4) is 0 Å². The molecule has 0 radical (unpaired) electrons. The van der Waals surface area contributed by atoms with Gasteiger partial charge < -0.3 is 9.32 Å². The third kappa shape index (κ3) is 6.20. The van der Waals surface area contributed by atoms with Crippen molar-refractivity contribution in [2.45, 2.75) is 0 Å². The van der Waals surface area contributed by atoms with Gasteiger partial charge in [0.2, 0.25) is 0 Å². The molecule has 0 aliphatic rings. The summed E-state index contributed by atoms with van der Waals surface area (Å²) >= 11 is 0. The summed E-state index contributed by atoms with van der Waals surface area (Å²) in [6.07, 6.45) is 0. The second-order valence-corrected chi connectivity index (χ2v) is 16.1. The molecule has 0 unspecified atom stereocenters. The molecule has 0 bridgehead atoms. The summed E-state index contributed by atoms with van der Waals surface area (Å²) in [6.45, 7) is 0. The van der Waals surface area contributed by atoms with E-state index in [1.165, 1.54) is 60.1 Å². The quantitative estimate of drug-likeness (QED) is 0.150. The fourth-order valence-corrected chi connectivity index (χ4v) is 9.38. The zero-order valence-corrected chi connectivity index (χ0v) is 33.9. The number of rotatable bonds is 7. The topological polar surface area (TPSA) is 16.4 Å². The Bertz CT molecular complexity index is 3610. The second kappa shape index (κ2) is 14.8. The lowest BCUT2D eigenvalue weighted by Crippen LogP contribution is -2.10. The number of nitrogens with zero attached hydrogens (tertiary/aromatic N) is 1. The maximum absolute atomic E-state index is 6.26. The number of benzene rings is 11. The highest BCUT2D eigenvalue weighted by molar-refractivity contribution is 6.12. The number of hydrogen-bond donors (Lipinski definition) is 0. The van der Waals surface area contributed by atoms with E-state index in [1.54, 1.807) is 0 Å². The van der Waals surface area contributed by atoms with Gasteiger partial charge in [0.05, 0.1) is 0 Å². The van der Waals surface area contributed by atoms with Crippen molar-refractivity contribution in [2.75, 3.05) is 4.90 Å². The maximum Gasteiger partial charge on any atom is 0.136 e. The van der Waals surface area contributed by atoms with Crippen LogP contribution >= 0.6 is 0 Å². The van der Waals surface area contributed by atoms with E-state index in [2.05, 4.69) is 229 Å². The first-order valence-electron chi connectivity index (χ1n) is 21.2. The zero-order chi connectivity index (χ0) is 41.0. The summed E-state index contributed by atoms with van der Waals surface area (Å²) in [4.78, 5) is 2.36. The number of para-hydroxylation sites is 1. The summed E-state index contributed by atoms with van der Waals surface area (Å²) in [7, 11) is 0. The molecule has 11 aromatic carbocycles. The monoisotopic (exact) mass is 789 g/mol. The smallest absolute Gasteiger partial charge is 0.136 e. The summed E-state index contributed by atoms with van der Waals surface area (Å²) < 4.78 is 6.26. The summed E-state index contributed by atoms with van der Waals surface area (Å²) in [5.74, 6) is 0. The van der Waals surface area contributed by atoms with Crippen LogP contribution < -0.4 is 4.90 Å². The molecule has 0 saturated carbocycles. The van der Waals surface area contributed by atoms with Crippen molar-refractivity contribution in [1.82, 2.24) is 0 Å². The number of anilines is 3. The molecular weight excluding hydrogens is 751 g/mol. The molecule has 2 nitrogen and oxygen atoms in total. The molecule has 1 aromatic heterocycles. The molecule has 0 saturated heterocycles. The Morgan fingerprint density at radius 3 is 1.48 bits per heavy atom. The van der Waals surface area contributed by atoms with E-state index < -0.39 is 0 Å². The van der Waals surface area contributed by atoms with Crippen molar-refractivity contribution in [2.24, 2.45) is 0 Å². The largest absolute Gasteiger partial charge is 0.456 e. The van der Waals surface area contributed by atoms with Gasteiger partial charge in [-0.3, -0.25) is 0 Å². The van der Waals surface area contributed by atoms with Gasteiger partial charge in [-0.15, -0.1) is 0 Å². The Morgan fingerprint density at radius 1 is 0.258 bits per heavy atom. The van der Waals surface area contributed by atoms with Crippen molar-refractivity contribution in [3.8, 4) is 44.5 Å². The van der Waals surface area contributed by atoms with Crippen LogP contribution in [-0.4, -0.2) is 0 Å². The summed E-state index contributed by atoms with van der Waals surface area (Å²) in [6, 6.07) is 85.5. The molecule has 0 amide bonds. The standard InChI is InChI=1S/C60H39NO/c1-3-15-52-42(10-1)12-8-18-53(52)44-30-34-49(35-31-44)61(50-36-32-45(33-37-50)55-19-9-21-59-60(55)56-17-5-6-20-58(56)62-59)51-14-7-13-47(38-51)40-22-24-41(25-23-40)48-29-28-46-27-26-43-11-2-4-16-54(43)57(46)39-48/h1-39H. The highest BCUT2D eigenvalue weighted by Crippen LogP contribution is 2.41. The Hall–Kier alpha value is -8.20. The lowest BCUT2D eigenvalue weighted by Gasteiger charge is -2.26. The first-order chi connectivity index (χ1) is 30.7. The Labute approximate surface area is 360 Å². The highest BCUT2D eigenvalue weighted by Gasteiger charge is 2.17. The van der Waals surface area contributed by atoms with Crippen molar-refractivity contribution >= 4 is 71.3 Å². The maximum atomic E-state index is 6.26. The molecule has 290 valence electrons. The van der Waals surface area contributed by atoms with Crippen molar-refractivity contribution < 1.29 is 4.42 Å². The van der Waals surface area contributed by atoms with Crippen LogP contribution in [0, 0.1) is 0 Å². The van der Waals surface area contributed by atoms with E-state index in [0.717, 1.165) is 55.7 Å². The molecule has 12 aromatic rings. The molecular formula is C60H39NO.